The monoisotopic (exact) mass is 255 g/mol. The van der Waals surface area contributed by atoms with Crippen molar-refractivity contribution in [1.82, 2.24) is 4.90 Å². The second kappa shape index (κ2) is 6.27. The van der Waals surface area contributed by atoms with E-state index in [1.165, 1.54) is 11.1 Å². The van der Waals surface area contributed by atoms with Crippen LogP contribution in [-0.2, 0) is 0 Å². The van der Waals surface area contributed by atoms with Gasteiger partial charge in [0.2, 0.25) is 0 Å². The summed E-state index contributed by atoms with van der Waals surface area (Å²) in [4.78, 5) is 2.14. The van der Waals surface area contributed by atoms with Crippen LogP contribution in [0, 0.1) is 0 Å². The van der Waals surface area contributed by atoms with Crippen LogP contribution >= 0.6 is 11.6 Å². The van der Waals surface area contributed by atoms with E-state index in [2.05, 4.69) is 30.9 Å². The van der Waals surface area contributed by atoms with Crippen molar-refractivity contribution in [3.05, 3.63) is 29.3 Å². The zero-order valence-corrected chi connectivity index (χ0v) is 12.1. The Balaban J connectivity index is 3.15. The summed E-state index contributed by atoms with van der Waals surface area (Å²) in [5.41, 5.74) is 2.48. The van der Waals surface area contributed by atoms with Crippen molar-refractivity contribution in [1.29, 1.82) is 0 Å². The highest BCUT2D eigenvalue weighted by Crippen LogP contribution is 2.30. The summed E-state index contributed by atoms with van der Waals surface area (Å²) in [5.74, 6) is 2.00. The molecule has 17 heavy (non-hydrogen) atoms. The molecule has 1 aromatic carbocycles. The highest BCUT2D eigenvalue weighted by Gasteiger charge is 2.16. The molecule has 1 unspecified atom stereocenters. The Morgan fingerprint density at radius 2 is 1.94 bits per heavy atom. The van der Waals surface area contributed by atoms with Crippen LogP contribution in [0.5, 0.6) is 5.75 Å². The van der Waals surface area contributed by atoms with Gasteiger partial charge in [0, 0.05) is 11.9 Å². The van der Waals surface area contributed by atoms with Crippen LogP contribution in [-0.4, -0.2) is 32.0 Å². The Hall–Kier alpha value is -0.730. The quantitative estimate of drug-likeness (QED) is 0.745. The van der Waals surface area contributed by atoms with E-state index in [0.29, 0.717) is 11.8 Å². The SMILES string of the molecule is COc1ccc(C(CCl)N(C)C)cc1C(C)C. The van der Waals surface area contributed by atoms with E-state index in [9.17, 15) is 0 Å². The third kappa shape index (κ3) is 3.36. The number of methoxy groups -OCH3 is 1. The van der Waals surface area contributed by atoms with Gasteiger partial charge in [-0.05, 0) is 37.2 Å². The van der Waals surface area contributed by atoms with Crippen molar-refractivity contribution in [2.24, 2.45) is 0 Å². The van der Waals surface area contributed by atoms with Crippen LogP contribution in [0.4, 0.5) is 0 Å². The van der Waals surface area contributed by atoms with Crippen LogP contribution in [0.1, 0.15) is 36.9 Å². The van der Waals surface area contributed by atoms with Gasteiger partial charge in [-0.1, -0.05) is 26.0 Å². The molecule has 0 bridgehead atoms. The van der Waals surface area contributed by atoms with Crippen LogP contribution < -0.4 is 4.74 Å². The topological polar surface area (TPSA) is 12.5 Å². The summed E-state index contributed by atoms with van der Waals surface area (Å²) in [7, 11) is 5.81. The van der Waals surface area contributed by atoms with Crippen molar-refractivity contribution >= 4 is 11.6 Å². The molecule has 0 aliphatic heterocycles. The molecule has 0 saturated carbocycles. The maximum absolute atomic E-state index is 6.03. The number of alkyl halides is 1. The van der Waals surface area contributed by atoms with Crippen molar-refractivity contribution in [2.45, 2.75) is 25.8 Å². The Morgan fingerprint density at radius 3 is 2.35 bits per heavy atom. The molecule has 1 rings (SSSR count). The summed E-state index contributed by atoms with van der Waals surface area (Å²) in [6, 6.07) is 6.59. The molecule has 96 valence electrons. The van der Waals surface area contributed by atoms with Crippen molar-refractivity contribution in [3.63, 3.8) is 0 Å². The molecular weight excluding hydrogens is 234 g/mol. The van der Waals surface area contributed by atoms with Crippen LogP contribution in [0.25, 0.3) is 0 Å². The van der Waals surface area contributed by atoms with Gasteiger partial charge in [-0.25, -0.2) is 0 Å². The van der Waals surface area contributed by atoms with Crippen LogP contribution in [0.15, 0.2) is 18.2 Å². The van der Waals surface area contributed by atoms with Gasteiger partial charge in [-0.3, -0.25) is 0 Å². The lowest BCUT2D eigenvalue weighted by Crippen LogP contribution is -2.21. The van der Waals surface area contributed by atoms with Crippen molar-refractivity contribution in [2.75, 3.05) is 27.1 Å². The van der Waals surface area contributed by atoms with E-state index in [-0.39, 0.29) is 6.04 Å². The highest BCUT2D eigenvalue weighted by atomic mass is 35.5. The molecule has 0 aromatic heterocycles. The second-order valence-corrected chi connectivity index (χ2v) is 5.10. The molecule has 3 heteroatoms. The molecule has 1 atom stereocenters. The van der Waals surface area contributed by atoms with E-state index in [0.717, 1.165) is 5.75 Å². The van der Waals surface area contributed by atoms with Gasteiger partial charge in [0.15, 0.2) is 0 Å². The van der Waals surface area contributed by atoms with E-state index in [4.69, 9.17) is 16.3 Å². The summed E-state index contributed by atoms with van der Waals surface area (Å²) >= 11 is 6.03. The van der Waals surface area contributed by atoms with E-state index in [1.807, 2.05) is 20.2 Å². The smallest absolute Gasteiger partial charge is 0.122 e. The van der Waals surface area contributed by atoms with Crippen LogP contribution in [0.2, 0.25) is 0 Å². The van der Waals surface area contributed by atoms with Crippen LogP contribution in [0.3, 0.4) is 0 Å². The first-order valence-electron chi connectivity index (χ1n) is 5.91. The summed E-state index contributed by atoms with van der Waals surface area (Å²) in [6.07, 6.45) is 0. The van der Waals surface area contributed by atoms with E-state index < -0.39 is 0 Å². The lowest BCUT2D eigenvalue weighted by molar-refractivity contribution is 0.323. The average molecular weight is 256 g/mol. The maximum Gasteiger partial charge on any atom is 0.122 e. The molecular formula is C14H22ClNO. The highest BCUT2D eigenvalue weighted by molar-refractivity contribution is 6.18. The van der Waals surface area contributed by atoms with Crippen molar-refractivity contribution in [3.8, 4) is 5.75 Å². The molecule has 0 N–H and O–H groups in total. The third-order valence-electron chi connectivity index (χ3n) is 3.03. The number of hydrogen-bond acceptors (Lipinski definition) is 2. The predicted molar refractivity (Wildman–Crippen MR) is 74.2 cm³/mol. The normalized spacial score (nSPS) is 13.2. The molecule has 0 fully saturated rings. The number of rotatable bonds is 5. The van der Waals surface area contributed by atoms with Gasteiger partial charge >= 0.3 is 0 Å². The fraction of sp³-hybridized carbons (Fsp3) is 0.571. The summed E-state index contributed by atoms with van der Waals surface area (Å²) in [6.45, 7) is 4.35. The first kappa shape index (κ1) is 14.3. The predicted octanol–water partition coefficient (Wildman–Crippen LogP) is 3.66. The Morgan fingerprint density at radius 1 is 1.29 bits per heavy atom. The van der Waals surface area contributed by atoms with Gasteiger partial charge in [0.25, 0.3) is 0 Å². The van der Waals surface area contributed by atoms with Crippen molar-refractivity contribution < 1.29 is 4.74 Å². The molecule has 0 spiro atoms. The first-order chi connectivity index (χ1) is 8.01. The van der Waals surface area contributed by atoms with Gasteiger partial charge in [0.05, 0.1) is 7.11 Å². The summed E-state index contributed by atoms with van der Waals surface area (Å²) < 4.78 is 5.39. The van der Waals surface area contributed by atoms with Gasteiger partial charge in [0.1, 0.15) is 5.75 Å². The minimum atomic E-state index is 0.250. The molecule has 0 aliphatic rings. The van der Waals surface area contributed by atoms with Gasteiger partial charge in [-0.2, -0.15) is 0 Å². The average Bonchev–Trinajstić information content (AvgIpc) is 2.29. The second-order valence-electron chi connectivity index (χ2n) is 4.79. The summed E-state index contributed by atoms with van der Waals surface area (Å²) in [5, 5.41) is 0. The molecule has 0 aliphatic carbocycles. The molecule has 1 aromatic rings. The third-order valence-corrected chi connectivity index (χ3v) is 3.32. The fourth-order valence-corrected chi connectivity index (χ4v) is 2.39. The zero-order valence-electron chi connectivity index (χ0n) is 11.3. The number of benzene rings is 1. The Bertz CT molecular complexity index is 363. The number of halogens is 1. The zero-order chi connectivity index (χ0) is 13.0. The maximum atomic E-state index is 6.03. The van der Waals surface area contributed by atoms with Gasteiger partial charge < -0.3 is 9.64 Å². The minimum absolute atomic E-state index is 0.250. The van der Waals surface area contributed by atoms with E-state index in [1.54, 1.807) is 7.11 Å². The lowest BCUT2D eigenvalue weighted by Gasteiger charge is -2.24. The van der Waals surface area contributed by atoms with Gasteiger partial charge in [-0.15, -0.1) is 11.6 Å². The number of ether oxygens (including phenoxy) is 1. The molecule has 0 heterocycles. The number of hydrogen-bond donors (Lipinski definition) is 0. The standard InChI is InChI=1S/C14H22ClNO/c1-10(2)12-8-11(6-7-14(12)17-5)13(9-15)16(3)4/h6-8,10,13H,9H2,1-5H3. The van der Waals surface area contributed by atoms with E-state index >= 15 is 0 Å². The Labute approximate surface area is 110 Å². The molecule has 2 nitrogen and oxygen atoms in total. The molecule has 0 radical (unpaired) electrons. The largest absolute Gasteiger partial charge is 0.496 e. The first-order valence-corrected chi connectivity index (χ1v) is 6.45. The minimum Gasteiger partial charge on any atom is -0.496 e. The lowest BCUT2D eigenvalue weighted by atomic mass is 9.96. The molecule has 0 saturated heterocycles. The number of nitrogens with zero attached hydrogens (tertiary/aromatic N) is 1. The molecule has 0 amide bonds. The fourth-order valence-electron chi connectivity index (χ4n) is 1.94. The Kier molecular flexibility index (Phi) is 5.29.